The molecule has 7 atom stereocenters. The number of fused-ring (bicyclic) bond motifs is 1. The summed E-state index contributed by atoms with van der Waals surface area (Å²) in [5.74, 6) is -2.81. The number of nitrogens with zero attached hydrogens (tertiary/aromatic N) is 2. The molecule has 1 aliphatic carbocycles. The average molecular weight is 916 g/mol. The standard InChI is InChI=1S/C43H62N5O10P.2K/c1-7-28(4)39(43(53)48(6)37-22-13-14-23-44-37)47-41(51)33(27(2)3)25-35(49)34(24-30-16-9-8-10-17-30)45-42(52)40(29(5)58-59(54,55)56)46-38(50)26-57-36-21-15-19-31-18-11-12-20-32(31)36;;/h11-15,18-23,27-30,33-35,39-40,49H,7-10,16-17,24-26H2,1-6H3,(H,45,52)(H,46,50)(H,47,51)(H2,54,55,56);;/q;2*+1/p-2/t28-,29?,33-,34-,35-,39-,40-;;/m0../s1. The van der Waals surface area contributed by atoms with Crippen molar-refractivity contribution in [1.29, 1.82) is 0 Å². The molecule has 1 fully saturated rings. The maximum atomic E-state index is 14.1. The molecule has 0 bridgehead atoms. The van der Waals surface area contributed by atoms with Crippen molar-refractivity contribution >= 4 is 48.0 Å². The summed E-state index contributed by atoms with van der Waals surface area (Å²) in [4.78, 5) is 84.3. The number of nitrogens with one attached hydrogen (secondary N) is 3. The number of pyridine rings is 1. The maximum Gasteiger partial charge on any atom is 1.00 e. The molecule has 1 heterocycles. The SMILES string of the molecule is CC[C@H](C)[C@H](NC(=O)[C@@H](C[C@H](O)[C@H](CC1CCCCC1)NC(=O)[C@@H](NC(=O)COc1cccc2ccccc12)C(C)OP(=O)([O-])[O-])C(C)C)C(=O)N(C)c1ccccn1.[K+].[K+]. The van der Waals surface area contributed by atoms with E-state index >= 15 is 0 Å². The number of benzene rings is 2. The monoisotopic (exact) mass is 915 g/mol. The van der Waals surface area contributed by atoms with Gasteiger partial charge in [-0.15, -0.1) is 0 Å². The van der Waals surface area contributed by atoms with Crippen molar-refractivity contribution < 1.29 is 151 Å². The first-order chi connectivity index (χ1) is 28.0. The fourth-order valence-corrected chi connectivity index (χ4v) is 8.16. The average Bonchev–Trinajstić information content (AvgIpc) is 3.21. The van der Waals surface area contributed by atoms with Crippen molar-refractivity contribution in [3.05, 3.63) is 66.9 Å². The maximum absolute atomic E-state index is 14.1. The number of ether oxygens (including phenoxy) is 1. The van der Waals surface area contributed by atoms with Gasteiger partial charge >= 0.3 is 103 Å². The molecule has 1 aliphatic rings. The molecule has 1 unspecified atom stereocenters. The summed E-state index contributed by atoms with van der Waals surface area (Å²) in [6.07, 6.45) is 4.24. The summed E-state index contributed by atoms with van der Waals surface area (Å²) in [7, 11) is -4.01. The van der Waals surface area contributed by atoms with Gasteiger partial charge in [0, 0.05) is 24.5 Å². The molecule has 15 nitrogen and oxygen atoms in total. The van der Waals surface area contributed by atoms with Gasteiger partial charge in [-0.2, -0.15) is 0 Å². The van der Waals surface area contributed by atoms with Gasteiger partial charge in [0.25, 0.3) is 11.8 Å². The van der Waals surface area contributed by atoms with Crippen LogP contribution in [0.2, 0.25) is 0 Å². The van der Waals surface area contributed by atoms with E-state index in [1.807, 2.05) is 58.0 Å². The van der Waals surface area contributed by atoms with Crippen LogP contribution in [0.25, 0.3) is 10.8 Å². The zero-order chi connectivity index (χ0) is 43.3. The molecule has 18 heteroatoms. The van der Waals surface area contributed by atoms with Crippen molar-refractivity contribution in [3.8, 4) is 5.75 Å². The normalized spacial score (nSPS) is 16.6. The molecule has 4 N–H and O–H groups in total. The summed E-state index contributed by atoms with van der Waals surface area (Å²) < 4.78 is 22.1. The second-order valence-electron chi connectivity index (χ2n) is 16.0. The second-order valence-corrected chi connectivity index (χ2v) is 17.1. The number of phosphoric ester groups is 1. The van der Waals surface area contributed by atoms with Crippen LogP contribution in [0.1, 0.15) is 86.0 Å². The van der Waals surface area contributed by atoms with Crippen LogP contribution >= 0.6 is 7.82 Å². The van der Waals surface area contributed by atoms with E-state index in [9.17, 15) is 38.6 Å². The fourth-order valence-electron chi connectivity index (χ4n) is 7.63. The molecule has 61 heavy (non-hydrogen) atoms. The first-order valence-corrected chi connectivity index (χ1v) is 22.0. The molecule has 2 aromatic carbocycles. The van der Waals surface area contributed by atoms with Gasteiger partial charge in [-0.1, -0.05) is 109 Å². The molecule has 324 valence electrons. The Balaban J connectivity index is 0.00000641. The molecule has 0 spiro atoms. The Hall–Kier alpha value is -1.13. The molecule has 4 amide bonds. The van der Waals surface area contributed by atoms with Crippen LogP contribution in [0.4, 0.5) is 5.82 Å². The molecule has 0 saturated heterocycles. The van der Waals surface area contributed by atoms with Crippen LogP contribution < -0.4 is 138 Å². The molecular formula is C43H60K2N5O10P. The number of anilines is 1. The summed E-state index contributed by atoms with van der Waals surface area (Å²) in [6, 6.07) is 14.4. The van der Waals surface area contributed by atoms with Gasteiger partial charge in [-0.25, -0.2) is 4.98 Å². The Morgan fingerprint density at radius 3 is 2.16 bits per heavy atom. The number of aliphatic hydroxyl groups excluding tert-OH is 1. The Morgan fingerprint density at radius 2 is 1.54 bits per heavy atom. The van der Waals surface area contributed by atoms with Crippen LogP contribution in [0.5, 0.6) is 5.75 Å². The number of carbonyl (C=O) groups is 4. The van der Waals surface area contributed by atoms with E-state index in [1.54, 1.807) is 43.6 Å². The fraction of sp³-hybridized carbons (Fsp3) is 0.558. The summed E-state index contributed by atoms with van der Waals surface area (Å²) in [6.45, 7) is 8.09. The predicted molar refractivity (Wildman–Crippen MR) is 221 cm³/mol. The Labute approximate surface area is 445 Å². The molecular weight excluding hydrogens is 856 g/mol. The molecule has 0 radical (unpaired) electrons. The predicted octanol–water partition coefficient (Wildman–Crippen LogP) is -1.99. The van der Waals surface area contributed by atoms with Crippen LogP contribution in [0.15, 0.2) is 66.9 Å². The quantitative estimate of drug-likeness (QED) is 0.0677. The van der Waals surface area contributed by atoms with Crippen LogP contribution in [0, 0.1) is 23.7 Å². The minimum Gasteiger partial charge on any atom is -0.790 e. The summed E-state index contributed by atoms with van der Waals surface area (Å²) in [5, 5.41) is 21.8. The van der Waals surface area contributed by atoms with Gasteiger partial charge in [0.2, 0.25) is 11.8 Å². The topological polar surface area (TPSA) is 222 Å². The number of carbonyl (C=O) groups excluding carboxylic acids is 4. The zero-order valence-corrected chi connectivity index (χ0v) is 44.0. The van der Waals surface area contributed by atoms with E-state index in [4.69, 9.17) is 4.74 Å². The van der Waals surface area contributed by atoms with E-state index in [-0.39, 0.29) is 133 Å². The molecule has 3 aromatic rings. The number of aromatic nitrogens is 1. The number of likely N-dealkylation sites (N-methyl/N-ethyl adjacent to an activating group) is 1. The van der Waals surface area contributed by atoms with Gasteiger partial charge < -0.3 is 44.7 Å². The van der Waals surface area contributed by atoms with Crippen molar-refractivity contribution in [2.75, 3.05) is 18.6 Å². The molecule has 4 rings (SSSR count). The third-order valence-electron chi connectivity index (χ3n) is 11.3. The minimum absolute atomic E-state index is 0. The Kier molecular flexibility index (Phi) is 25.1. The van der Waals surface area contributed by atoms with Gasteiger partial charge in [0.1, 0.15) is 23.7 Å². The van der Waals surface area contributed by atoms with Gasteiger partial charge in [0.05, 0.1) is 26.1 Å². The number of rotatable bonds is 21. The first-order valence-electron chi connectivity index (χ1n) is 20.6. The summed E-state index contributed by atoms with van der Waals surface area (Å²) >= 11 is 0. The largest absolute Gasteiger partial charge is 1.00 e. The van der Waals surface area contributed by atoms with E-state index in [1.165, 1.54) is 11.8 Å². The minimum atomic E-state index is -5.61. The number of hydrogen-bond donors (Lipinski definition) is 4. The number of aliphatic hydroxyl groups is 1. The van der Waals surface area contributed by atoms with Crippen molar-refractivity contribution in [3.63, 3.8) is 0 Å². The molecule has 1 saturated carbocycles. The first kappa shape index (κ1) is 56.0. The van der Waals surface area contributed by atoms with Crippen molar-refractivity contribution in [2.24, 2.45) is 23.7 Å². The van der Waals surface area contributed by atoms with Crippen molar-refractivity contribution in [1.82, 2.24) is 20.9 Å². The van der Waals surface area contributed by atoms with Crippen LogP contribution in [-0.4, -0.2) is 77.7 Å². The zero-order valence-electron chi connectivity index (χ0n) is 36.9. The van der Waals surface area contributed by atoms with Gasteiger partial charge in [0.15, 0.2) is 6.61 Å². The van der Waals surface area contributed by atoms with E-state index in [0.717, 1.165) is 42.9 Å². The van der Waals surface area contributed by atoms with E-state index in [2.05, 4.69) is 25.5 Å². The van der Waals surface area contributed by atoms with Crippen LogP contribution in [0.3, 0.4) is 0 Å². The number of hydrogen-bond acceptors (Lipinski definition) is 11. The smallest absolute Gasteiger partial charge is 0.790 e. The van der Waals surface area contributed by atoms with Gasteiger partial charge in [-0.05, 0) is 61.1 Å². The van der Waals surface area contributed by atoms with Gasteiger partial charge in [-0.3, -0.25) is 24.1 Å². The van der Waals surface area contributed by atoms with Crippen LogP contribution in [-0.2, 0) is 28.3 Å². The number of amides is 4. The summed E-state index contributed by atoms with van der Waals surface area (Å²) in [5.41, 5.74) is 0. The Morgan fingerprint density at radius 1 is 0.885 bits per heavy atom. The third kappa shape index (κ3) is 17.6. The van der Waals surface area contributed by atoms with E-state index < -0.39 is 68.4 Å². The van der Waals surface area contributed by atoms with E-state index in [0.29, 0.717) is 24.4 Å². The van der Waals surface area contributed by atoms with Crippen molar-refractivity contribution in [2.45, 2.75) is 116 Å². The molecule has 1 aromatic heterocycles. The third-order valence-corrected chi connectivity index (χ3v) is 11.9. The number of phosphoric acid groups is 1. The Bertz CT molecular complexity index is 1900. The second kappa shape index (κ2) is 27.4. The molecule has 0 aliphatic heterocycles.